The molecule has 230 valence electrons. The van der Waals surface area contributed by atoms with Crippen LogP contribution in [0.3, 0.4) is 0 Å². The Bertz CT molecular complexity index is 1480. The molecule has 11 nitrogen and oxygen atoms in total. The average Bonchev–Trinajstić information content (AvgIpc) is 3.57. The number of thiazole rings is 1. The second-order valence-corrected chi connectivity index (χ2v) is 12.8. The van der Waals surface area contributed by atoms with E-state index >= 15 is 0 Å². The Hall–Kier alpha value is -3.55. The number of amides is 2. The first-order chi connectivity index (χ1) is 20.4. The van der Waals surface area contributed by atoms with Crippen LogP contribution in [0.4, 0.5) is 9.18 Å². The first-order valence-corrected chi connectivity index (χ1v) is 15.1. The van der Waals surface area contributed by atoms with E-state index in [1.54, 1.807) is 16.0 Å². The van der Waals surface area contributed by atoms with E-state index in [2.05, 4.69) is 10.3 Å². The topological polar surface area (TPSA) is 117 Å². The van der Waals surface area contributed by atoms with Crippen molar-refractivity contribution in [1.29, 1.82) is 0 Å². The van der Waals surface area contributed by atoms with Gasteiger partial charge in [-0.2, -0.15) is 0 Å². The molecule has 3 atom stereocenters. The number of fused-ring (bicyclic) bond motifs is 1. The van der Waals surface area contributed by atoms with E-state index in [-0.39, 0.29) is 29.7 Å². The molecule has 43 heavy (non-hydrogen) atoms. The maximum Gasteiger partial charge on any atom is 0.338 e. The van der Waals surface area contributed by atoms with Gasteiger partial charge in [-0.15, -0.1) is 11.3 Å². The van der Waals surface area contributed by atoms with Crippen LogP contribution in [-0.2, 0) is 19.1 Å². The molecule has 0 unspecified atom stereocenters. The Morgan fingerprint density at radius 3 is 2.60 bits per heavy atom. The summed E-state index contributed by atoms with van der Waals surface area (Å²) < 4.78 is 24.5. The Morgan fingerprint density at radius 1 is 1.21 bits per heavy atom. The summed E-state index contributed by atoms with van der Waals surface area (Å²) in [5.41, 5.74) is 1.19. The van der Waals surface area contributed by atoms with E-state index in [0.29, 0.717) is 41.6 Å². The van der Waals surface area contributed by atoms with Gasteiger partial charge in [0.1, 0.15) is 22.9 Å². The lowest BCUT2D eigenvalue weighted by Gasteiger charge is -2.42. The summed E-state index contributed by atoms with van der Waals surface area (Å²) in [5, 5.41) is 5.92. The number of nitrogens with zero attached hydrogens (tertiary/aromatic N) is 5. The molecule has 0 radical (unpaired) electrons. The summed E-state index contributed by atoms with van der Waals surface area (Å²) in [6.07, 6.45) is 1.66. The number of rotatable bonds is 6. The van der Waals surface area contributed by atoms with Gasteiger partial charge in [0.05, 0.1) is 38.1 Å². The first-order valence-electron chi connectivity index (χ1n) is 13.8. The molecule has 1 N–H and O–H groups in total. The molecular formula is C29H34ClFN6O5S. The van der Waals surface area contributed by atoms with Crippen molar-refractivity contribution in [2.24, 2.45) is 4.99 Å². The predicted octanol–water partition coefficient (Wildman–Crippen LogP) is 3.26. The quantitative estimate of drug-likeness (QED) is 0.483. The van der Waals surface area contributed by atoms with E-state index in [1.165, 1.54) is 43.8 Å². The highest BCUT2D eigenvalue weighted by Crippen LogP contribution is 2.37. The fraction of sp³-hybridized carbons (Fsp3) is 0.483. The first kappa shape index (κ1) is 30.9. The highest BCUT2D eigenvalue weighted by atomic mass is 35.5. The van der Waals surface area contributed by atoms with Crippen LogP contribution in [0.2, 0.25) is 5.02 Å². The summed E-state index contributed by atoms with van der Waals surface area (Å²) in [6.45, 7) is 7.30. The second kappa shape index (κ2) is 12.2. The number of aromatic nitrogens is 1. The van der Waals surface area contributed by atoms with Crippen molar-refractivity contribution in [2.45, 2.75) is 44.4 Å². The van der Waals surface area contributed by atoms with Crippen LogP contribution < -0.4 is 5.32 Å². The Kier molecular flexibility index (Phi) is 8.77. The van der Waals surface area contributed by atoms with Gasteiger partial charge in [-0.05, 0) is 32.9 Å². The van der Waals surface area contributed by atoms with Crippen LogP contribution in [-0.4, -0.2) is 108 Å². The molecule has 0 saturated carbocycles. The van der Waals surface area contributed by atoms with Crippen LogP contribution in [0.15, 0.2) is 46.0 Å². The summed E-state index contributed by atoms with van der Waals surface area (Å²) in [7, 11) is 2.59. The molecule has 0 bridgehead atoms. The van der Waals surface area contributed by atoms with Crippen molar-refractivity contribution in [3.8, 4) is 0 Å². The average molecular weight is 633 g/mol. The summed E-state index contributed by atoms with van der Waals surface area (Å²) >= 11 is 7.91. The molecule has 0 aliphatic carbocycles. The van der Waals surface area contributed by atoms with Crippen molar-refractivity contribution >= 4 is 46.6 Å². The standard InChI is InChI=1S/C29H34ClFN6O5S/c1-29(2,3)37-15-21-24(27(39)42-5)35(9-10-36(21)28(37)40)14-20-22(26(38)41-4)23(17-7-6-16(31)12-18(17)30)34-19(13-33-20)25-32-8-11-43-25/h6-8,11-12,21,23-24,33H,9-10,13-15H2,1-5H3/t21-,23+,24+/m1/s1. The minimum atomic E-state index is -0.952. The zero-order chi connectivity index (χ0) is 31.1. The Morgan fingerprint density at radius 2 is 1.98 bits per heavy atom. The molecule has 2 amide bonds. The second-order valence-electron chi connectivity index (χ2n) is 11.5. The van der Waals surface area contributed by atoms with Crippen LogP contribution in [0.5, 0.6) is 0 Å². The number of aliphatic imine (C=N–C) groups is 1. The zero-order valence-corrected chi connectivity index (χ0v) is 26.2. The SMILES string of the molecule is COC(=O)C1=C(CN2CCN3C(=O)N(C(C)(C)C)C[C@@H]3[C@H]2C(=O)OC)NCC(c2nccs2)=N[C@H]1c1ccc(F)cc1Cl. The molecule has 5 rings (SSSR count). The number of carbonyl (C=O) groups is 3. The maximum atomic E-state index is 14.1. The van der Waals surface area contributed by atoms with Gasteiger partial charge in [0, 0.05) is 59.6 Å². The summed E-state index contributed by atoms with van der Waals surface area (Å²) in [4.78, 5) is 54.8. The largest absolute Gasteiger partial charge is 0.468 e. The number of hydrogen-bond donors (Lipinski definition) is 1. The number of carbonyl (C=O) groups excluding carboxylic acids is 3. The van der Waals surface area contributed by atoms with Crippen molar-refractivity contribution in [2.75, 3.05) is 46.9 Å². The van der Waals surface area contributed by atoms with Crippen LogP contribution in [0.1, 0.15) is 37.4 Å². The lowest BCUT2D eigenvalue weighted by atomic mass is 9.95. The van der Waals surface area contributed by atoms with Crippen molar-refractivity contribution < 1.29 is 28.2 Å². The number of esters is 2. The lowest BCUT2D eigenvalue weighted by Crippen LogP contribution is -2.62. The van der Waals surface area contributed by atoms with E-state index in [4.69, 9.17) is 26.1 Å². The fourth-order valence-electron chi connectivity index (χ4n) is 5.83. The smallest absolute Gasteiger partial charge is 0.338 e. The summed E-state index contributed by atoms with van der Waals surface area (Å²) in [6, 6.07) is 1.61. The van der Waals surface area contributed by atoms with Crippen LogP contribution in [0, 0.1) is 5.82 Å². The van der Waals surface area contributed by atoms with Gasteiger partial charge in [0.2, 0.25) is 0 Å². The third kappa shape index (κ3) is 5.98. The number of hydrogen-bond acceptors (Lipinski definition) is 10. The molecule has 2 aromatic rings. The monoisotopic (exact) mass is 632 g/mol. The van der Waals surface area contributed by atoms with Gasteiger partial charge in [-0.1, -0.05) is 17.7 Å². The van der Waals surface area contributed by atoms with Crippen LogP contribution >= 0.6 is 22.9 Å². The number of halogens is 2. The van der Waals surface area contributed by atoms with Gasteiger partial charge in [0.15, 0.2) is 0 Å². The minimum absolute atomic E-state index is 0.0997. The Balaban J connectivity index is 1.58. The molecule has 2 saturated heterocycles. The number of urea groups is 1. The molecule has 1 aromatic heterocycles. The molecule has 0 spiro atoms. The number of benzene rings is 1. The summed E-state index contributed by atoms with van der Waals surface area (Å²) in [5.74, 6) is -1.66. The predicted molar refractivity (Wildman–Crippen MR) is 160 cm³/mol. The Labute approximate surface area is 258 Å². The zero-order valence-electron chi connectivity index (χ0n) is 24.6. The number of methoxy groups -OCH3 is 2. The molecule has 14 heteroatoms. The highest BCUT2D eigenvalue weighted by molar-refractivity contribution is 7.11. The minimum Gasteiger partial charge on any atom is -0.468 e. The van der Waals surface area contributed by atoms with Gasteiger partial charge in [0.25, 0.3) is 0 Å². The van der Waals surface area contributed by atoms with Gasteiger partial charge in [-0.25, -0.2) is 19.0 Å². The molecular weight excluding hydrogens is 599 g/mol. The van der Waals surface area contributed by atoms with Crippen LogP contribution in [0.25, 0.3) is 0 Å². The van der Waals surface area contributed by atoms with Gasteiger partial charge >= 0.3 is 18.0 Å². The molecule has 4 heterocycles. The number of piperazine rings is 1. The molecule has 1 aromatic carbocycles. The van der Waals surface area contributed by atoms with Crippen molar-refractivity contribution in [1.82, 2.24) is 25.0 Å². The molecule has 3 aliphatic rings. The normalized spacial score (nSPS) is 23.0. The van der Waals surface area contributed by atoms with Gasteiger partial charge < -0.3 is 24.6 Å². The molecule has 2 fully saturated rings. The van der Waals surface area contributed by atoms with E-state index in [1.807, 2.05) is 31.1 Å². The van der Waals surface area contributed by atoms with Gasteiger partial charge in [-0.3, -0.25) is 14.7 Å². The fourth-order valence-corrected chi connectivity index (χ4v) is 6.73. The third-order valence-electron chi connectivity index (χ3n) is 7.94. The van der Waals surface area contributed by atoms with Crippen molar-refractivity contribution in [3.63, 3.8) is 0 Å². The number of nitrogens with one attached hydrogen (secondary N) is 1. The van der Waals surface area contributed by atoms with E-state index in [9.17, 15) is 18.8 Å². The van der Waals surface area contributed by atoms with E-state index < -0.39 is 41.4 Å². The van der Waals surface area contributed by atoms with Crippen molar-refractivity contribution in [3.05, 3.63) is 62.5 Å². The maximum absolute atomic E-state index is 14.1. The highest BCUT2D eigenvalue weighted by Gasteiger charge is 2.52. The van der Waals surface area contributed by atoms with E-state index in [0.717, 1.165) is 0 Å². The number of ether oxygens (including phenoxy) is 2. The third-order valence-corrected chi connectivity index (χ3v) is 9.09. The molecule has 3 aliphatic heterocycles. The lowest BCUT2D eigenvalue weighted by molar-refractivity contribution is -0.150.